The average molecular weight is 417 g/mol. The summed E-state index contributed by atoms with van der Waals surface area (Å²) in [7, 11) is 0. The molecule has 5 rings (SSSR count). The molecule has 3 N–H and O–H groups in total. The average Bonchev–Trinajstić information content (AvgIpc) is 2.67. The van der Waals surface area contributed by atoms with Crippen molar-refractivity contribution in [2.24, 2.45) is 57.7 Å². The number of aliphatic hydroxyl groups is 3. The Morgan fingerprint density at radius 1 is 0.733 bits per heavy atom. The summed E-state index contributed by atoms with van der Waals surface area (Å²) >= 11 is 0. The number of rotatable bonds is 1. The van der Waals surface area contributed by atoms with Crippen LogP contribution in [-0.4, -0.2) is 34.1 Å². The highest BCUT2D eigenvalue weighted by Gasteiger charge is 2.62. The molecule has 3 heteroatoms. The van der Waals surface area contributed by atoms with Crippen LogP contribution in [0.2, 0.25) is 0 Å². The van der Waals surface area contributed by atoms with E-state index in [1.807, 2.05) is 0 Å². The van der Waals surface area contributed by atoms with Gasteiger partial charge in [0.25, 0.3) is 0 Å². The van der Waals surface area contributed by atoms with Gasteiger partial charge < -0.3 is 15.3 Å². The first kappa shape index (κ1) is 21.5. The molecule has 0 aromatic carbocycles. The molecule has 5 aliphatic carbocycles. The lowest BCUT2D eigenvalue weighted by Crippen LogP contribution is -2.61. The van der Waals surface area contributed by atoms with Crippen LogP contribution in [0.15, 0.2) is 12.2 Å². The SMILES string of the molecule is CC1(C)CCC2C(C1)C1C=C[C@H]3C(CC[C@H]4C(CO)[C@@H](O)CC[C@]34C)[C@]1(C)C[C@H]2O. The zero-order valence-electron chi connectivity index (χ0n) is 19.6. The molecule has 0 aromatic heterocycles. The molecule has 11 atom stereocenters. The third-order valence-electron chi connectivity index (χ3n) is 11.3. The maximum Gasteiger partial charge on any atom is 0.0593 e. The summed E-state index contributed by atoms with van der Waals surface area (Å²) in [5, 5.41) is 31.9. The van der Waals surface area contributed by atoms with E-state index < -0.39 is 0 Å². The van der Waals surface area contributed by atoms with Gasteiger partial charge in [-0.3, -0.25) is 0 Å². The van der Waals surface area contributed by atoms with Gasteiger partial charge in [0.05, 0.1) is 12.2 Å². The summed E-state index contributed by atoms with van der Waals surface area (Å²) in [4.78, 5) is 0. The second-order valence-corrected chi connectivity index (χ2v) is 13.2. The smallest absolute Gasteiger partial charge is 0.0593 e. The van der Waals surface area contributed by atoms with Crippen molar-refractivity contribution in [3.05, 3.63) is 12.2 Å². The number of aliphatic hydroxyl groups excluding tert-OH is 3. The summed E-state index contributed by atoms with van der Waals surface area (Å²) < 4.78 is 0. The van der Waals surface area contributed by atoms with E-state index in [0.717, 1.165) is 25.7 Å². The first-order valence-electron chi connectivity index (χ1n) is 12.8. The molecular formula is C27H44O3. The van der Waals surface area contributed by atoms with Crippen LogP contribution in [0.5, 0.6) is 0 Å². The minimum atomic E-state index is -0.345. The standard InChI is InChI=1S/C27H44O3/c1-25(2)11-9-16-17(13-25)19-5-7-21-22(27(19,4)14-24(16)30)8-6-20-18(15-28)23(29)10-12-26(20,21)3/h5,7,16-24,28-30H,6,8-15H2,1-4H3/t16?,17?,18?,19?,20-,21-,22?,23-,24+,26-,27+/m0/s1. The van der Waals surface area contributed by atoms with E-state index in [1.54, 1.807) is 0 Å². The van der Waals surface area contributed by atoms with Gasteiger partial charge in [-0.25, -0.2) is 0 Å². The van der Waals surface area contributed by atoms with Crippen LogP contribution in [0.1, 0.15) is 79.1 Å². The first-order valence-corrected chi connectivity index (χ1v) is 12.8. The predicted molar refractivity (Wildman–Crippen MR) is 120 cm³/mol. The van der Waals surface area contributed by atoms with Gasteiger partial charge in [-0.2, -0.15) is 0 Å². The highest BCUT2D eigenvalue weighted by Crippen LogP contribution is 2.68. The Morgan fingerprint density at radius 2 is 1.43 bits per heavy atom. The molecule has 0 amide bonds. The minimum Gasteiger partial charge on any atom is -0.396 e. The molecule has 0 radical (unpaired) electrons. The lowest BCUT2D eigenvalue weighted by Gasteiger charge is -2.65. The molecule has 5 unspecified atom stereocenters. The molecule has 0 saturated heterocycles. The van der Waals surface area contributed by atoms with Crippen molar-refractivity contribution in [2.75, 3.05) is 6.61 Å². The van der Waals surface area contributed by atoms with E-state index in [2.05, 4.69) is 39.8 Å². The highest BCUT2D eigenvalue weighted by molar-refractivity contribution is 5.21. The van der Waals surface area contributed by atoms with Crippen LogP contribution in [0, 0.1) is 57.7 Å². The normalized spacial score (nSPS) is 57.0. The van der Waals surface area contributed by atoms with E-state index in [0.29, 0.717) is 40.9 Å². The van der Waals surface area contributed by atoms with Crippen molar-refractivity contribution in [1.29, 1.82) is 0 Å². The molecule has 0 spiro atoms. The van der Waals surface area contributed by atoms with Gasteiger partial charge in [-0.15, -0.1) is 0 Å². The highest BCUT2D eigenvalue weighted by atomic mass is 16.3. The Balaban J connectivity index is 1.51. The fourth-order valence-electron chi connectivity index (χ4n) is 9.68. The topological polar surface area (TPSA) is 60.7 Å². The zero-order chi connectivity index (χ0) is 21.5. The number of allylic oxidation sites excluding steroid dienone is 2. The molecule has 170 valence electrons. The molecule has 30 heavy (non-hydrogen) atoms. The van der Waals surface area contributed by atoms with E-state index in [-0.39, 0.29) is 35.6 Å². The fraction of sp³-hybridized carbons (Fsp3) is 0.926. The minimum absolute atomic E-state index is 0.0316. The van der Waals surface area contributed by atoms with Crippen LogP contribution in [0.3, 0.4) is 0 Å². The molecule has 4 fully saturated rings. The molecule has 0 heterocycles. The molecule has 4 saturated carbocycles. The summed E-state index contributed by atoms with van der Waals surface area (Å²) in [6.45, 7) is 9.91. The largest absolute Gasteiger partial charge is 0.396 e. The Morgan fingerprint density at radius 3 is 2.17 bits per heavy atom. The molecule has 3 nitrogen and oxygen atoms in total. The van der Waals surface area contributed by atoms with Gasteiger partial charge in [0, 0.05) is 12.5 Å². The van der Waals surface area contributed by atoms with E-state index in [9.17, 15) is 15.3 Å². The summed E-state index contributed by atoms with van der Waals surface area (Å²) in [6.07, 6.45) is 13.5. The number of hydrogen-bond donors (Lipinski definition) is 3. The lowest BCUT2D eigenvalue weighted by atomic mass is 9.39. The van der Waals surface area contributed by atoms with Crippen molar-refractivity contribution in [3.63, 3.8) is 0 Å². The quantitative estimate of drug-likeness (QED) is 0.538. The van der Waals surface area contributed by atoms with Gasteiger partial charge in [-0.05, 0) is 103 Å². The molecule has 0 aliphatic heterocycles. The second-order valence-electron chi connectivity index (χ2n) is 13.2. The Kier molecular flexibility index (Phi) is 5.05. The van der Waals surface area contributed by atoms with E-state index >= 15 is 0 Å². The van der Waals surface area contributed by atoms with Gasteiger partial charge in [-0.1, -0.05) is 39.8 Å². The molecular weight excluding hydrogens is 372 g/mol. The first-order chi connectivity index (χ1) is 14.1. The number of hydrogen-bond acceptors (Lipinski definition) is 3. The fourth-order valence-corrected chi connectivity index (χ4v) is 9.68. The Labute approximate surface area is 183 Å². The van der Waals surface area contributed by atoms with Crippen molar-refractivity contribution < 1.29 is 15.3 Å². The van der Waals surface area contributed by atoms with Crippen molar-refractivity contribution in [1.82, 2.24) is 0 Å². The predicted octanol–water partition coefficient (Wildman–Crippen LogP) is 4.80. The van der Waals surface area contributed by atoms with E-state index in [1.165, 1.54) is 25.7 Å². The number of fused-ring (bicyclic) bond motifs is 7. The molecule has 5 aliphatic rings. The van der Waals surface area contributed by atoms with Gasteiger partial charge >= 0.3 is 0 Å². The van der Waals surface area contributed by atoms with Crippen molar-refractivity contribution in [2.45, 2.75) is 91.3 Å². The maximum atomic E-state index is 11.3. The molecule has 0 aromatic rings. The summed E-state index contributed by atoms with van der Waals surface area (Å²) in [6, 6.07) is 0. The summed E-state index contributed by atoms with van der Waals surface area (Å²) in [5.74, 6) is 3.26. The zero-order valence-corrected chi connectivity index (χ0v) is 19.6. The van der Waals surface area contributed by atoms with Crippen molar-refractivity contribution in [3.8, 4) is 0 Å². The van der Waals surface area contributed by atoms with Crippen molar-refractivity contribution >= 4 is 0 Å². The molecule has 0 bridgehead atoms. The lowest BCUT2D eigenvalue weighted by molar-refractivity contribution is -0.173. The van der Waals surface area contributed by atoms with E-state index in [4.69, 9.17) is 0 Å². The van der Waals surface area contributed by atoms with Crippen LogP contribution < -0.4 is 0 Å². The van der Waals surface area contributed by atoms with Crippen LogP contribution in [0.25, 0.3) is 0 Å². The van der Waals surface area contributed by atoms with Crippen LogP contribution in [-0.2, 0) is 0 Å². The van der Waals surface area contributed by atoms with Crippen LogP contribution >= 0.6 is 0 Å². The van der Waals surface area contributed by atoms with Gasteiger partial charge in [0.2, 0.25) is 0 Å². The summed E-state index contributed by atoms with van der Waals surface area (Å²) in [5.41, 5.74) is 0.723. The van der Waals surface area contributed by atoms with Crippen LogP contribution in [0.4, 0.5) is 0 Å². The van der Waals surface area contributed by atoms with Gasteiger partial charge in [0.15, 0.2) is 0 Å². The monoisotopic (exact) mass is 416 g/mol. The third kappa shape index (κ3) is 2.94. The maximum absolute atomic E-state index is 11.3. The third-order valence-corrected chi connectivity index (χ3v) is 11.3. The Bertz CT molecular complexity index is 700. The second kappa shape index (κ2) is 7.06. The van der Waals surface area contributed by atoms with Gasteiger partial charge in [0.1, 0.15) is 0 Å². The Hall–Kier alpha value is -0.380.